The van der Waals surface area contributed by atoms with Gasteiger partial charge in [-0.3, -0.25) is 0 Å². The molecule has 0 spiro atoms. The molecule has 1 atom stereocenters. The van der Waals surface area contributed by atoms with Gasteiger partial charge in [0.05, 0.1) is 6.61 Å². The SMILES string of the molecule is COCC(C)NS(=O)(=O)/C=C/c1ccc(Cl)cc1. The summed E-state index contributed by atoms with van der Waals surface area (Å²) >= 11 is 5.74. The largest absolute Gasteiger partial charge is 0.383 e. The zero-order valence-electron chi connectivity index (χ0n) is 10.3. The van der Waals surface area contributed by atoms with Gasteiger partial charge in [0.15, 0.2) is 0 Å². The van der Waals surface area contributed by atoms with E-state index in [0.29, 0.717) is 11.6 Å². The van der Waals surface area contributed by atoms with Crippen molar-refractivity contribution < 1.29 is 13.2 Å². The predicted molar refractivity (Wildman–Crippen MR) is 73.9 cm³/mol. The smallest absolute Gasteiger partial charge is 0.234 e. The van der Waals surface area contributed by atoms with Gasteiger partial charge in [-0.25, -0.2) is 13.1 Å². The van der Waals surface area contributed by atoms with Gasteiger partial charge in [0.1, 0.15) is 0 Å². The van der Waals surface area contributed by atoms with Gasteiger partial charge < -0.3 is 4.74 Å². The van der Waals surface area contributed by atoms with E-state index >= 15 is 0 Å². The molecule has 1 N–H and O–H groups in total. The molecule has 1 aromatic rings. The maximum atomic E-state index is 11.7. The van der Waals surface area contributed by atoms with Gasteiger partial charge in [-0.1, -0.05) is 23.7 Å². The highest BCUT2D eigenvalue weighted by molar-refractivity contribution is 7.92. The lowest BCUT2D eigenvalue weighted by molar-refractivity contribution is 0.180. The van der Waals surface area contributed by atoms with Gasteiger partial charge in [-0.15, -0.1) is 0 Å². The molecule has 1 rings (SSSR count). The Morgan fingerprint density at radius 3 is 2.56 bits per heavy atom. The minimum Gasteiger partial charge on any atom is -0.383 e. The van der Waals surface area contributed by atoms with Gasteiger partial charge in [0, 0.05) is 23.6 Å². The van der Waals surface area contributed by atoms with Crippen molar-refractivity contribution in [1.82, 2.24) is 4.72 Å². The minimum atomic E-state index is -3.45. The van der Waals surface area contributed by atoms with Crippen LogP contribution in [0.1, 0.15) is 12.5 Å². The van der Waals surface area contributed by atoms with Gasteiger partial charge >= 0.3 is 0 Å². The number of benzene rings is 1. The molecule has 0 aliphatic carbocycles. The van der Waals surface area contributed by atoms with Crippen LogP contribution in [0.2, 0.25) is 5.02 Å². The number of sulfonamides is 1. The van der Waals surface area contributed by atoms with Crippen LogP contribution in [0.3, 0.4) is 0 Å². The van der Waals surface area contributed by atoms with Crippen molar-refractivity contribution in [2.45, 2.75) is 13.0 Å². The molecule has 1 aromatic carbocycles. The second-order valence-corrected chi connectivity index (χ2v) is 5.91. The summed E-state index contributed by atoms with van der Waals surface area (Å²) in [5.74, 6) is 0. The molecule has 0 saturated heterocycles. The van der Waals surface area contributed by atoms with Crippen molar-refractivity contribution in [2.75, 3.05) is 13.7 Å². The molecular formula is C12H16ClNO3S. The zero-order chi connectivity index (χ0) is 13.6. The molecule has 1 unspecified atom stereocenters. The summed E-state index contributed by atoms with van der Waals surface area (Å²) in [6.45, 7) is 2.06. The predicted octanol–water partition coefficient (Wildman–Crippen LogP) is 2.26. The lowest BCUT2D eigenvalue weighted by Gasteiger charge is -2.10. The Labute approximate surface area is 113 Å². The van der Waals surface area contributed by atoms with Gasteiger partial charge in [0.25, 0.3) is 0 Å². The van der Waals surface area contributed by atoms with E-state index in [1.54, 1.807) is 31.2 Å². The Morgan fingerprint density at radius 2 is 2.00 bits per heavy atom. The molecule has 0 heterocycles. The van der Waals surface area contributed by atoms with Gasteiger partial charge in [-0.05, 0) is 30.7 Å². The number of hydrogen-bond acceptors (Lipinski definition) is 3. The van der Waals surface area contributed by atoms with E-state index in [0.717, 1.165) is 11.0 Å². The molecule has 0 fully saturated rings. The standard InChI is InChI=1S/C12H16ClNO3S/c1-10(9-17-2)14-18(15,16)8-7-11-3-5-12(13)6-4-11/h3-8,10,14H,9H2,1-2H3/b8-7+. The summed E-state index contributed by atoms with van der Waals surface area (Å²) in [5.41, 5.74) is 0.768. The van der Waals surface area contributed by atoms with Crippen LogP contribution in [0.4, 0.5) is 0 Å². The third-order valence-electron chi connectivity index (χ3n) is 2.09. The maximum absolute atomic E-state index is 11.7. The first kappa shape index (κ1) is 15.2. The van der Waals surface area contributed by atoms with Gasteiger partial charge in [-0.2, -0.15) is 0 Å². The third-order valence-corrected chi connectivity index (χ3v) is 3.57. The van der Waals surface area contributed by atoms with E-state index in [4.69, 9.17) is 16.3 Å². The number of ether oxygens (including phenoxy) is 1. The van der Waals surface area contributed by atoms with Crippen molar-refractivity contribution >= 4 is 27.7 Å². The van der Waals surface area contributed by atoms with E-state index in [9.17, 15) is 8.42 Å². The van der Waals surface area contributed by atoms with E-state index < -0.39 is 10.0 Å². The van der Waals surface area contributed by atoms with Crippen LogP contribution in [0.5, 0.6) is 0 Å². The normalized spacial score (nSPS) is 13.9. The van der Waals surface area contributed by atoms with Crippen LogP contribution in [-0.2, 0) is 14.8 Å². The minimum absolute atomic E-state index is 0.269. The first-order valence-electron chi connectivity index (χ1n) is 5.38. The van der Waals surface area contributed by atoms with Crippen LogP contribution in [0, 0.1) is 0 Å². The zero-order valence-corrected chi connectivity index (χ0v) is 11.8. The first-order chi connectivity index (χ1) is 8.43. The Kier molecular flexibility index (Phi) is 5.81. The topological polar surface area (TPSA) is 55.4 Å². The molecule has 0 amide bonds. The van der Waals surface area contributed by atoms with Crippen LogP contribution < -0.4 is 4.72 Å². The molecule has 0 radical (unpaired) electrons. The summed E-state index contributed by atoms with van der Waals surface area (Å²) < 4.78 is 30.7. The quantitative estimate of drug-likeness (QED) is 0.874. The van der Waals surface area contributed by atoms with E-state index in [1.807, 2.05) is 0 Å². The van der Waals surface area contributed by atoms with E-state index in [-0.39, 0.29) is 6.04 Å². The van der Waals surface area contributed by atoms with Crippen LogP contribution in [-0.4, -0.2) is 28.2 Å². The fourth-order valence-corrected chi connectivity index (χ4v) is 2.52. The number of nitrogens with one attached hydrogen (secondary N) is 1. The van der Waals surface area contributed by atoms with Crippen molar-refractivity contribution in [2.24, 2.45) is 0 Å². The van der Waals surface area contributed by atoms with Crippen LogP contribution in [0.25, 0.3) is 6.08 Å². The summed E-state index contributed by atoms with van der Waals surface area (Å²) in [6, 6.07) is 6.62. The summed E-state index contributed by atoms with van der Waals surface area (Å²) in [5, 5.41) is 1.74. The number of rotatable bonds is 6. The van der Waals surface area contributed by atoms with Crippen LogP contribution in [0.15, 0.2) is 29.7 Å². The molecule has 6 heteroatoms. The van der Waals surface area contributed by atoms with Crippen molar-refractivity contribution in [3.63, 3.8) is 0 Å². The van der Waals surface area contributed by atoms with Crippen LogP contribution >= 0.6 is 11.6 Å². The van der Waals surface area contributed by atoms with Crippen molar-refractivity contribution in [3.8, 4) is 0 Å². The molecule has 4 nitrogen and oxygen atoms in total. The fourth-order valence-electron chi connectivity index (χ4n) is 1.35. The Hall–Kier alpha value is -0.880. The average Bonchev–Trinajstić information content (AvgIpc) is 2.28. The molecule has 0 aliphatic rings. The average molecular weight is 290 g/mol. The second-order valence-electron chi connectivity index (χ2n) is 3.87. The Morgan fingerprint density at radius 1 is 1.39 bits per heavy atom. The monoisotopic (exact) mass is 289 g/mol. The fraction of sp³-hybridized carbons (Fsp3) is 0.333. The van der Waals surface area contributed by atoms with Gasteiger partial charge in [0.2, 0.25) is 10.0 Å². The lowest BCUT2D eigenvalue weighted by Crippen LogP contribution is -2.34. The molecule has 18 heavy (non-hydrogen) atoms. The highest BCUT2D eigenvalue weighted by Gasteiger charge is 2.10. The van der Waals surface area contributed by atoms with E-state index in [2.05, 4.69) is 4.72 Å². The highest BCUT2D eigenvalue weighted by Crippen LogP contribution is 2.11. The highest BCUT2D eigenvalue weighted by atomic mass is 35.5. The van der Waals surface area contributed by atoms with E-state index in [1.165, 1.54) is 13.2 Å². The van der Waals surface area contributed by atoms with Crippen molar-refractivity contribution in [3.05, 3.63) is 40.3 Å². The first-order valence-corrected chi connectivity index (χ1v) is 7.30. The maximum Gasteiger partial charge on any atom is 0.234 e. The summed E-state index contributed by atoms with van der Waals surface area (Å²) in [7, 11) is -1.93. The molecule has 0 saturated carbocycles. The number of hydrogen-bond donors (Lipinski definition) is 1. The molecule has 0 bridgehead atoms. The molecule has 100 valence electrons. The third kappa shape index (κ3) is 5.64. The molecule has 0 aromatic heterocycles. The Bertz CT molecular complexity index is 497. The van der Waals surface area contributed by atoms with Crippen molar-refractivity contribution in [1.29, 1.82) is 0 Å². The Balaban J connectivity index is 2.67. The number of methoxy groups -OCH3 is 1. The summed E-state index contributed by atoms with van der Waals surface area (Å²) in [4.78, 5) is 0. The number of halogens is 1. The molecule has 0 aliphatic heterocycles. The molecular weight excluding hydrogens is 274 g/mol. The lowest BCUT2D eigenvalue weighted by atomic mass is 10.2. The summed E-state index contributed by atoms with van der Waals surface area (Å²) in [6.07, 6.45) is 1.51. The second kappa shape index (κ2) is 6.89.